The van der Waals surface area contributed by atoms with E-state index in [-0.39, 0.29) is 22.0 Å². The molecule has 6 heteroatoms. The van der Waals surface area contributed by atoms with E-state index in [2.05, 4.69) is 41.5 Å². The number of nitrogen functional groups attached to an aromatic ring is 2. The van der Waals surface area contributed by atoms with E-state index in [1.165, 1.54) is 12.8 Å². The smallest absolute Gasteiger partial charge is 0.337 e. The molecule has 210 valence electrons. The highest BCUT2D eigenvalue weighted by Crippen LogP contribution is 2.34. The van der Waals surface area contributed by atoms with Crippen molar-refractivity contribution in [3.8, 4) is 0 Å². The minimum atomic E-state index is -0.976. The Morgan fingerprint density at radius 3 is 1.13 bits per heavy atom. The summed E-state index contributed by atoms with van der Waals surface area (Å²) >= 11 is 0. The van der Waals surface area contributed by atoms with Gasteiger partial charge in [0.25, 0.3) is 0 Å². The van der Waals surface area contributed by atoms with Crippen molar-refractivity contribution in [2.24, 2.45) is 0 Å². The molecule has 2 aromatic rings. The van der Waals surface area contributed by atoms with Crippen molar-refractivity contribution < 1.29 is 19.8 Å². The maximum atomic E-state index is 11.5. The van der Waals surface area contributed by atoms with Gasteiger partial charge in [0.1, 0.15) is 0 Å². The molecule has 0 bridgehead atoms. The van der Waals surface area contributed by atoms with Crippen LogP contribution >= 0.6 is 0 Å². The molecule has 0 atom stereocenters. The third kappa shape index (κ3) is 8.24. The summed E-state index contributed by atoms with van der Waals surface area (Å²) in [4.78, 5) is 23.1. The lowest BCUT2D eigenvalue weighted by atomic mass is 9.80. The molecule has 2 aromatic carbocycles. The summed E-state index contributed by atoms with van der Waals surface area (Å²) < 4.78 is 0. The number of nitrogens with two attached hydrogens (primary N) is 2. The SMILES string of the molecule is CC(C)(C)c1ccc(C(=O)O)c(N)c1CCCCCCCCCCc1c(C(C)(C)C)ccc(C(=O)O)c1N. The first-order chi connectivity index (χ1) is 17.7. The van der Waals surface area contributed by atoms with Gasteiger partial charge in [-0.05, 0) is 70.9 Å². The number of unbranched alkanes of at least 4 members (excludes halogenated alkanes) is 7. The number of hydrogen-bond donors (Lipinski definition) is 4. The zero-order valence-electron chi connectivity index (χ0n) is 24.2. The Morgan fingerprint density at radius 1 is 0.579 bits per heavy atom. The summed E-state index contributed by atoms with van der Waals surface area (Å²) in [6, 6.07) is 7.10. The van der Waals surface area contributed by atoms with Gasteiger partial charge in [-0.15, -0.1) is 0 Å². The number of aromatic carboxylic acids is 2. The molecule has 0 unspecified atom stereocenters. The fourth-order valence-electron chi connectivity index (χ4n) is 5.31. The van der Waals surface area contributed by atoms with Crippen LogP contribution in [-0.4, -0.2) is 22.2 Å². The van der Waals surface area contributed by atoms with Crippen LogP contribution in [0.15, 0.2) is 24.3 Å². The Bertz CT molecular complexity index is 1030. The van der Waals surface area contributed by atoms with E-state index >= 15 is 0 Å². The van der Waals surface area contributed by atoms with Gasteiger partial charge in [0, 0.05) is 11.4 Å². The van der Waals surface area contributed by atoms with Gasteiger partial charge in [0.2, 0.25) is 0 Å². The maximum absolute atomic E-state index is 11.5. The summed E-state index contributed by atoms with van der Waals surface area (Å²) in [6.45, 7) is 12.8. The summed E-state index contributed by atoms with van der Waals surface area (Å²) in [5.74, 6) is -1.95. The highest BCUT2D eigenvalue weighted by atomic mass is 16.4. The lowest BCUT2D eigenvalue weighted by Gasteiger charge is -2.25. The molecular formula is C32H48N2O4. The van der Waals surface area contributed by atoms with Crippen LogP contribution in [0.4, 0.5) is 11.4 Å². The maximum Gasteiger partial charge on any atom is 0.337 e. The van der Waals surface area contributed by atoms with E-state index in [0.29, 0.717) is 11.4 Å². The summed E-state index contributed by atoms with van der Waals surface area (Å²) in [5, 5.41) is 18.9. The number of carboxylic acid groups (broad SMARTS) is 2. The predicted octanol–water partition coefficient (Wildman–Crippen LogP) is 7.75. The molecule has 0 aliphatic carbocycles. The molecule has 0 saturated heterocycles. The molecule has 2 rings (SSSR count). The fourth-order valence-corrected chi connectivity index (χ4v) is 5.31. The van der Waals surface area contributed by atoms with E-state index in [4.69, 9.17) is 11.5 Å². The van der Waals surface area contributed by atoms with Crippen LogP contribution in [0.5, 0.6) is 0 Å². The first-order valence-corrected chi connectivity index (χ1v) is 14.0. The Morgan fingerprint density at radius 2 is 0.868 bits per heavy atom. The zero-order valence-corrected chi connectivity index (χ0v) is 24.2. The number of hydrogen-bond acceptors (Lipinski definition) is 4. The lowest BCUT2D eigenvalue weighted by Crippen LogP contribution is -2.17. The monoisotopic (exact) mass is 524 g/mol. The molecule has 6 N–H and O–H groups in total. The Labute approximate surface area is 228 Å². The molecule has 0 aromatic heterocycles. The third-order valence-electron chi connectivity index (χ3n) is 7.39. The topological polar surface area (TPSA) is 127 Å². The van der Waals surface area contributed by atoms with Crippen LogP contribution in [0.1, 0.15) is 136 Å². The Kier molecular flexibility index (Phi) is 10.8. The van der Waals surface area contributed by atoms with E-state index in [1.807, 2.05) is 12.1 Å². The fraction of sp³-hybridized carbons (Fsp3) is 0.562. The van der Waals surface area contributed by atoms with Crippen LogP contribution in [-0.2, 0) is 23.7 Å². The van der Waals surface area contributed by atoms with Crippen molar-refractivity contribution in [1.29, 1.82) is 0 Å². The van der Waals surface area contributed by atoms with Crippen molar-refractivity contribution in [2.75, 3.05) is 11.5 Å². The van der Waals surface area contributed by atoms with Crippen molar-refractivity contribution in [3.05, 3.63) is 57.6 Å². The lowest BCUT2D eigenvalue weighted by molar-refractivity contribution is 0.0687. The predicted molar refractivity (Wildman–Crippen MR) is 157 cm³/mol. The van der Waals surface area contributed by atoms with E-state index < -0.39 is 11.9 Å². The number of benzene rings is 2. The molecule has 38 heavy (non-hydrogen) atoms. The van der Waals surface area contributed by atoms with Crippen LogP contribution < -0.4 is 11.5 Å². The van der Waals surface area contributed by atoms with Gasteiger partial charge in [-0.3, -0.25) is 0 Å². The average Bonchev–Trinajstić information content (AvgIpc) is 2.79. The van der Waals surface area contributed by atoms with Crippen molar-refractivity contribution >= 4 is 23.3 Å². The first-order valence-electron chi connectivity index (χ1n) is 14.0. The van der Waals surface area contributed by atoms with Gasteiger partial charge < -0.3 is 21.7 Å². The van der Waals surface area contributed by atoms with Crippen LogP contribution in [0, 0.1) is 0 Å². The minimum absolute atomic E-state index is 0.0895. The number of carbonyl (C=O) groups is 2. The molecule has 0 saturated carbocycles. The Hall–Kier alpha value is -3.02. The van der Waals surface area contributed by atoms with Gasteiger partial charge in [-0.25, -0.2) is 9.59 Å². The molecular weight excluding hydrogens is 476 g/mol. The highest BCUT2D eigenvalue weighted by molar-refractivity contribution is 5.95. The van der Waals surface area contributed by atoms with Crippen molar-refractivity contribution in [1.82, 2.24) is 0 Å². The summed E-state index contributed by atoms with van der Waals surface area (Å²) in [7, 11) is 0. The second-order valence-corrected chi connectivity index (χ2v) is 12.5. The molecule has 6 nitrogen and oxygen atoms in total. The molecule has 0 radical (unpaired) electrons. The van der Waals surface area contributed by atoms with Gasteiger partial charge in [0.15, 0.2) is 0 Å². The average molecular weight is 525 g/mol. The molecule has 0 fully saturated rings. The quantitative estimate of drug-likeness (QED) is 0.157. The normalized spacial score (nSPS) is 12.1. The second kappa shape index (κ2) is 13.2. The zero-order chi connectivity index (χ0) is 28.7. The highest BCUT2D eigenvalue weighted by Gasteiger charge is 2.24. The van der Waals surface area contributed by atoms with E-state index in [1.54, 1.807) is 12.1 Å². The molecule has 0 spiro atoms. The van der Waals surface area contributed by atoms with E-state index in [9.17, 15) is 19.8 Å². The van der Waals surface area contributed by atoms with Crippen molar-refractivity contribution in [2.45, 2.75) is 117 Å². The number of carboxylic acids is 2. The second-order valence-electron chi connectivity index (χ2n) is 12.5. The van der Waals surface area contributed by atoms with Gasteiger partial charge >= 0.3 is 11.9 Å². The molecule has 0 heterocycles. The summed E-state index contributed by atoms with van der Waals surface area (Å²) in [5.41, 5.74) is 17.8. The van der Waals surface area contributed by atoms with Crippen molar-refractivity contribution in [3.63, 3.8) is 0 Å². The number of anilines is 2. The van der Waals surface area contributed by atoms with Gasteiger partial charge in [-0.2, -0.15) is 0 Å². The third-order valence-corrected chi connectivity index (χ3v) is 7.39. The number of rotatable bonds is 13. The molecule has 0 aliphatic rings. The van der Waals surface area contributed by atoms with Crippen LogP contribution in [0.3, 0.4) is 0 Å². The standard InChI is InChI=1S/C32H48N2O4/c1-31(2,3)25-19-17-23(29(35)36)27(33)21(25)15-13-11-9-7-8-10-12-14-16-22-26(32(4,5)6)20-18-24(28(22)34)30(37)38/h17-20H,7-16,33-34H2,1-6H3,(H,35,36)(H,37,38). The summed E-state index contributed by atoms with van der Waals surface area (Å²) in [6.07, 6.45) is 10.4. The Balaban J connectivity index is 1.80. The largest absolute Gasteiger partial charge is 0.478 e. The van der Waals surface area contributed by atoms with E-state index in [0.717, 1.165) is 73.6 Å². The molecule has 0 amide bonds. The van der Waals surface area contributed by atoms with Gasteiger partial charge in [0.05, 0.1) is 11.1 Å². The van der Waals surface area contributed by atoms with Crippen LogP contribution in [0.2, 0.25) is 0 Å². The van der Waals surface area contributed by atoms with Gasteiger partial charge in [-0.1, -0.05) is 92.2 Å². The minimum Gasteiger partial charge on any atom is -0.478 e. The molecule has 0 aliphatic heterocycles. The first kappa shape index (κ1) is 31.2. The van der Waals surface area contributed by atoms with Crippen LogP contribution in [0.25, 0.3) is 0 Å².